The van der Waals surface area contributed by atoms with Crippen LogP contribution in [0.25, 0.3) is 0 Å². The lowest BCUT2D eigenvalue weighted by atomic mass is 10.3. The predicted octanol–water partition coefficient (Wildman–Crippen LogP) is 5.16. The minimum Gasteiger partial charge on any atom is -0.402 e. The average molecular weight is 445 g/mol. The van der Waals surface area contributed by atoms with Crippen LogP contribution in [0.3, 0.4) is 0 Å². The second-order valence-corrected chi connectivity index (χ2v) is 4.61. The second-order valence-electron chi connectivity index (χ2n) is 2.43. The summed E-state index contributed by atoms with van der Waals surface area (Å²) in [6.45, 7) is 0. The van der Waals surface area contributed by atoms with Gasteiger partial charge in [-0.3, -0.25) is 14.7 Å². The first kappa shape index (κ1) is 29.2. The molecule has 0 atom stereocenters. The maximum absolute atomic E-state index is 11.3. The van der Waals surface area contributed by atoms with Gasteiger partial charge in [0.2, 0.25) is 0 Å². The first-order chi connectivity index (χ1) is 8.50. The molecule has 1 aromatic rings. The van der Waals surface area contributed by atoms with E-state index in [4.69, 9.17) is 28.3 Å². The Morgan fingerprint density at radius 2 is 1.43 bits per heavy atom. The van der Waals surface area contributed by atoms with Gasteiger partial charge in [-0.1, -0.05) is 0 Å². The minimum atomic E-state index is -4.08. The number of nitrogens with zero attached hydrogens (tertiary/aromatic N) is 1. The molecule has 0 amide bonds. The molecule has 21 heavy (non-hydrogen) atoms. The molecule has 1 rings (SSSR count). The monoisotopic (exact) mass is 443 g/mol. The van der Waals surface area contributed by atoms with Crippen molar-refractivity contribution in [2.24, 2.45) is 0 Å². The highest BCUT2D eigenvalue weighted by atomic mass is 35.5. The van der Waals surface area contributed by atoms with E-state index < -0.39 is 12.7 Å². The Morgan fingerprint density at radius 3 is 1.71 bits per heavy atom. The molecular weight excluding hydrogens is 437 g/mol. The van der Waals surface area contributed by atoms with E-state index in [0.29, 0.717) is 0 Å². The van der Waals surface area contributed by atoms with E-state index >= 15 is 0 Å². The van der Waals surface area contributed by atoms with Gasteiger partial charge in [-0.05, 0) is 12.1 Å². The van der Waals surface area contributed by atoms with Crippen LogP contribution in [0.4, 0.5) is 5.69 Å². The summed E-state index contributed by atoms with van der Waals surface area (Å²) in [7, 11) is -2.36. The van der Waals surface area contributed by atoms with Crippen LogP contribution in [-0.4, -0.2) is 4.92 Å². The third-order valence-corrected chi connectivity index (χ3v) is 3.22. The van der Waals surface area contributed by atoms with Crippen LogP contribution in [0.5, 0.6) is 5.75 Å². The smallest absolute Gasteiger partial charge is 0.402 e. The molecule has 0 aromatic heterocycles. The molecule has 0 fully saturated rings. The molecule has 8 nitrogen and oxygen atoms in total. The second kappa shape index (κ2) is 15.0. The maximum Gasteiger partial charge on any atom is 0.563 e. The van der Waals surface area contributed by atoms with Gasteiger partial charge in [0.1, 0.15) is 14.9 Å². The van der Waals surface area contributed by atoms with Gasteiger partial charge in [-0.15, -0.1) is 37.2 Å². The molecule has 0 aliphatic heterocycles. The Morgan fingerprint density at radius 1 is 1.05 bits per heavy atom. The predicted molar refractivity (Wildman–Crippen MR) is 86.0 cm³/mol. The van der Waals surface area contributed by atoms with Crippen LogP contribution < -0.4 is 4.52 Å². The molecule has 0 aliphatic rings. The molecule has 0 heterocycles. The highest BCUT2D eigenvalue weighted by molar-refractivity contribution is 7.50. The van der Waals surface area contributed by atoms with Crippen LogP contribution in [-0.2, 0) is 17.3 Å². The van der Waals surface area contributed by atoms with Gasteiger partial charge in [0.05, 0.1) is 28.7 Å². The number of halogens is 5. The summed E-state index contributed by atoms with van der Waals surface area (Å²) in [5, 5.41) is 10.3. The zero-order chi connectivity index (χ0) is 14.2. The molecule has 0 saturated heterocycles. The first-order valence-electron chi connectivity index (χ1n) is 3.86. The summed E-state index contributed by atoms with van der Waals surface area (Å²) in [4.78, 5) is 9.73. The average Bonchev–Trinajstić information content (AvgIpc) is 2.41. The first-order valence-corrected chi connectivity index (χ1v) is 6.34. The molecule has 0 N–H and O–H groups in total. The molecule has 0 aliphatic carbocycles. The van der Waals surface area contributed by atoms with Gasteiger partial charge in [-0.2, -0.15) is 8.15 Å². The Hall–Kier alpha value is 0.120. The van der Waals surface area contributed by atoms with Crippen molar-refractivity contribution in [3.63, 3.8) is 0 Å². The molecule has 0 spiro atoms. The van der Waals surface area contributed by atoms with E-state index in [1.54, 1.807) is 9.12 Å². The molecule has 15 heteroatoms. The fourth-order valence-corrected chi connectivity index (χ4v) is 1.68. The zero-order valence-corrected chi connectivity index (χ0v) is 15.4. The van der Waals surface area contributed by atoms with Crippen molar-refractivity contribution in [3.05, 3.63) is 34.4 Å². The SMILES string of the molecule is Cl.Cl.Cl.O=P.O=[N+]([O-])c1ccc(OP(=O)(OCl)OCl)cc1. The molecule has 0 radical (unpaired) electrons. The van der Waals surface area contributed by atoms with Gasteiger partial charge < -0.3 is 4.52 Å². The molecular formula is C6H8Cl5NO7P2. The maximum atomic E-state index is 11.3. The fraction of sp³-hybridized carbons (Fsp3) is 0. The van der Waals surface area contributed by atoms with E-state index in [2.05, 4.69) is 12.7 Å². The minimum absolute atomic E-state index is 0. The summed E-state index contributed by atoms with van der Waals surface area (Å²) < 4.78 is 31.8. The number of non-ortho nitro benzene ring substituents is 1. The van der Waals surface area contributed by atoms with Crippen molar-refractivity contribution in [2.75, 3.05) is 0 Å². The van der Waals surface area contributed by atoms with Crippen molar-refractivity contribution in [3.8, 4) is 5.75 Å². The number of rotatable bonds is 5. The highest BCUT2D eigenvalue weighted by Crippen LogP contribution is 2.51. The van der Waals surface area contributed by atoms with Crippen molar-refractivity contribution < 1.29 is 26.7 Å². The van der Waals surface area contributed by atoms with E-state index in [9.17, 15) is 14.7 Å². The number of hydrogen-bond acceptors (Lipinski definition) is 7. The quantitative estimate of drug-likeness (QED) is 0.350. The Balaban J connectivity index is -0.000000276. The fourth-order valence-electron chi connectivity index (χ4n) is 0.797. The van der Waals surface area contributed by atoms with Crippen molar-refractivity contribution in [1.82, 2.24) is 0 Å². The van der Waals surface area contributed by atoms with Crippen LogP contribution in [0.2, 0.25) is 0 Å². The van der Waals surface area contributed by atoms with Gasteiger partial charge in [0, 0.05) is 12.1 Å². The summed E-state index contributed by atoms with van der Waals surface area (Å²) in [6, 6.07) is 4.66. The molecule has 0 unspecified atom stereocenters. The van der Waals surface area contributed by atoms with E-state index in [0.717, 1.165) is 12.1 Å². The number of benzene rings is 1. The van der Waals surface area contributed by atoms with Crippen LogP contribution >= 0.6 is 77.9 Å². The summed E-state index contributed by atoms with van der Waals surface area (Å²) in [5.74, 6) is -0.00441. The third kappa shape index (κ3) is 10.5. The number of nitro groups is 1. The van der Waals surface area contributed by atoms with Gasteiger partial charge in [0.25, 0.3) is 5.69 Å². The normalized spacial score (nSPS) is 8.67. The third-order valence-electron chi connectivity index (χ3n) is 1.43. The summed E-state index contributed by atoms with van der Waals surface area (Å²) in [6.07, 6.45) is 0. The lowest BCUT2D eigenvalue weighted by molar-refractivity contribution is -0.384. The van der Waals surface area contributed by atoms with Crippen LogP contribution in [0, 0.1) is 10.1 Å². The van der Waals surface area contributed by atoms with Crippen molar-refractivity contribution in [2.45, 2.75) is 0 Å². The molecule has 0 bridgehead atoms. The summed E-state index contributed by atoms with van der Waals surface area (Å²) in [5.41, 5.74) is -0.152. The lowest BCUT2D eigenvalue weighted by Gasteiger charge is -2.09. The van der Waals surface area contributed by atoms with Gasteiger partial charge in [-0.25, -0.2) is 4.57 Å². The Kier molecular flexibility index (Phi) is 20.9. The van der Waals surface area contributed by atoms with Crippen LogP contribution in [0.15, 0.2) is 24.3 Å². The standard InChI is InChI=1S/C6H4Cl2NO6P.3ClH.HOP/c7-14-16(12,15-8)13-6-3-1-5(2-4-6)9(10)11;;;;1-2/h1-4H;3*1H;2H. The van der Waals surface area contributed by atoms with Crippen molar-refractivity contribution >= 4 is 83.6 Å². The molecule has 124 valence electrons. The number of nitro benzene ring substituents is 1. The lowest BCUT2D eigenvalue weighted by Crippen LogP contribution is -1.93. The zero-order valence-electron chi connectivity index (χ0n) is 9.54. The van der Waals surface area contributed by atoms with Crippen molar-refractivity contribution in [1.29, 1.82) is 0 Å². The Bertz CT molecular complexity index is 442. The summed E-state index contributed by atoms with van der Waals surface area (Å²) >= 11 is 9.67. The van der Waals surface area contributed by atoms with Crippen LogP contribution in [0.1, 0.15) is 0 Å². The van der Waals surface area contributed by atoms with E-state index in [1.807, 2.05) is 0 Å². The van der Waals surface area contributed by atoms with E-state index in [-0.39, 0.29) is 48.7 Å². The highest BCUT2D eigenvalue weighted by Gasteiger charge is 2.28. The Labute approximate surface area is 150 Å². The van der Waals surface area contributed by atoms with Gasteiger partial charge >= 0.3 is 7.82 Å². The van der Waals surface area contributed by atoms with Gasteiger partial charge in [0.15, 0.2) is 0 Å². The largest absolute Gasteiger partial charge is 0.563 e. The number of hydrogen-bond donors (Lipinski definition) is 0. The number of phosphoric acid groups is 1. The topological polar surface area (TPSA) is 105 Å². The van der Waals surface area contributed by atoms with E-state index in [1.165, 1.54) is 12.1 Å². The molecule has 1 aromatic carbocycles. The molecule has 0 saturated carbocycles.